The highest BCUT2D eigenvalue weighted by Crippen LogP contribution is 2.16. The van der Waals surface area contributed by atoms with Gasteiger partial charge in [0.05, 0.1) is 18.8 Å². The van der Waals surface area contributed by atoms with Gasteiger partial charge in [0, 0.05) is 18.3 Å². The maximum Gasteiger partial charge on any atom is 0.223 e. The molecule has 0 aliphatic rings. The van der Waals surface area contributed by atoms with Crippen LogP contribution in [0.15, 0.2) is 17.1 Å². The summed E-state index contributed by atoms with van der Waals surface area (Å²) in [5.74, 6) is -0.278. The number of hydrogen-bond donors (Lipinski definition) is 2. The van der Waals surface area contributed by atoms with Gasteiger partial charge in [-0.2, -0.15) is 0 Å². The Labute approximate surface area is 101 Å². The molecule has 17 heavy (non-hydrogen) atoms. The second-order valence-corrected chi connectivity index (χ2v) is 4.40. The summed E-state index contributed by atoms with van der Waals surface area (Å²) in [5.41, 5.74) is 0.407. The molecule has 1 aromatic heterocycles. The molecule has 1 atom stereocenters. The molecule has 1 heterocycles. The molecule has 1 unspecified atom stereocenters. The van der Waals surface area contributed by atoms with Crippen molar-refractivity contribution in [3.63, 3.8) is 0 Å². The Balaban J connectivity index is 3.24. The van der Waals surface area contributed by atoms with Crippen molar-refractivity contribution in [2.75, 3.05) is 20.7 Å². The third-order valence-electron chi connectivity index (χ3n) is 2.70. The Hall–Kier alpha value is -1.33. The minimum atomic E-state index is -0.383. The zero-order valence-corrected chi connectivity index (χ0v) is 10.6. The number of aliphatic hydroxyl groups excluding tert-OH is 1. The van der Waals surface area contributed by atoms with Gasteiger partial charge in [-0.15, -0.1) is 0 Å². The van der Waals surface area contributed by atoms with E-state index in [0.29, 0.717) is 6.54 Å². The summed E-state index contributed by atoms with van der Waals surface area (Å²) < 4.78 is 1.77. The van der Waals surface area contributed by atoms with Crippen molar-refractivity contribution in [2.45, 2.75) is 25.9 Å². The minimum Gasteiger partial charge on any atom is -0.503 e. The SMILES string of the molecule is CCC(CO)n1cc(O)c(=O)cc1CN(C)C. The summed E-state index contributed by atoms with van der Waals surface area (Å²) in [4.78, 5) is 13.4. The molecule has 0 amide bonds. The Morgan fingerprint density at radius 3 is 2.59 bits per heavy atom. The quantitative estimate of drug-likeness (QED) is 0.789. The van der Waals surface area contributed by atoms with Gasteiger partial charge >= 0.3 is 0 Å². The number of aliphatic hydroxyl groups is 1. The first kappa shape index (κ1) is 13.7. The first-order valence-electron chi connectivity index (χ1n) is 5.69. The van der Waals surface area contributed by atoms with Crippen molar-refractivity contribution in [3.8, 4) is 5.75 Å². The zero-order valence-electron chi connectivity index (χ0n) is 10.6. The number of rotatable bonds is 5. The summed E-state index contributed by atoms with van der Waals surface area (Å²) >= 11 is 0. The molecule has 96 valence electrons. The first-order chi connectivity index (χ1) is 7.99. The lowest BCUT2D eigenvalue weighted by Gasteiger charge is -2.23. The summed E-state index contributed by atoms with van der Waals surface area (Å²) in [6.07, 6.45) is 2.14. The van der Waals surface area contributed by atoms with E-state index < -0.39 is 0 Å². The number of pyridine rings is 1. The molecule has 0 bridgehead atoms. The van der Waals surface area contributed by atoms with Gasteiger partial charge in [-0.3, -0.25) is 4.79 Å². The Kier molecular flexibility index (Phi) is 4.72. The molecule has 0 aliphatic heterocycles. The van der Waals surface area contributed by atoms with Crippen LogP contribution in [0.1, 0.15) is 25.1 Å². The van der Waals surface area contributed by atoms with Crippen molar-refractivity contribution in [1.29, 1.82) is 0 Å². The van der Waals surface area contributed by atoms with Crippen LogP contribution in [0.25, 0.3) is 0 Å². The van der Waals surface area contributed by atoms with Gasteiger partial charge in [0.1, 0.15) is 0 Å². The van der Waals surface area contributed by atoms with Gasteiger partial charge in [-0.1, -0.05) is 6.92 Å². The van der Waals surface area contributed by atoms with Crippen LogP contribution in [0.3, 0.4) is 0 Å². The molecular weight excluding hydrogens is 220 g/mol. The van der Waals surface area contributed by atoms with Crippen LogP contribution in [-0.4, -0.2) is 40.4 Å². The first-order valence-corrected chi connectivity index (χ1v) is 5.69. The van der Waals surface area contributed by atoms with Gasteiger partial charge in [0.15, 0.2) is 5.75 Å². The second kappa shape index (κ2) is 5.84. The monoisotopic (exact) mass is 240 g/mol. The molecule has 0 spiro atoms. The van der Waals surface area contributed by atoms with Crippen molar-refractivity contribution < 1.29 is 10.2 Å². The highest BCUT2D eigenvalue weighted by molar-refractivity contribution is 5.21. The zero-order chi connectivity index (χ0) is 13.0. The van der Waals surface area contributed by atoms with Crippen molar-refractivity contribution >= 4 is 0 Å². The highest BCUT2D eigenvalue weighted by atomic mass is 16.3. The maximum atomic E-state index is 11.4. The van der Waals surface area contributed by atoms with E-state index in [0.717, 1.165) is 12.1 Å². The molecule has 5 heteroatoms. The maximum absolute atomic E-state index is 11.4. The van der Waals surface area contributed by atoms with Crippen LogP contribution >= 0.6 is 0 Å². The lowest BCUT2D eigenvalue weighted by atomic mass is 10.2. The van der Waals surface area contributed by atoms with E-state index in [9.17, 15) is 15.0 Å². The van der Waals surface area contributed by atoms with E-state index >= 15 is 0 Å². The smallest absolute Gasteiger partial charge is 0.223 e. The largest absolute Gasteiger partial charge is 0.503 e. The number of aromatic hydroxyl groups is 1. The summed E-state index contributed by atoms with van der Waals surface area (Å²) in [5, 5.41) is 18.8. The lowest BCUT2D eigenvalue weighted by molar-refractivity contribution is 0.217. The molecule has 1 aromatic rings. The van der Waals surface area contributed by atoms with Crippen LogP contribution in [0.5, 0.6) is 5.75 Å². The van der Waals surface area contributed by atoms with E-state index in [1.54, 1.807) is 4.57 Å². The predicted octanol–water partition coefficient (Wildman–Crippen LogP) is 0.559. The van der Waals surface area contributed by atoms with E-state index in [4.69, 9.17) is 0 Å². The van der Waals surface area contributed by atoms with Gasteiger partial charge in [0.2, 0.25) is 5.43 Å². The number of nitrogens with zero attached hydrogens (tertiary/aromatic N) is 2. The van der Waals surface area contributed by atoms with Gasteiger partial charge in [-0.25, -0.2) is 0 Å². The van der Waals surface area contributed by atoms with Gasteiger partial charge in [-0.05, 0) is 20.5 Å². The normalized spacial score (nSPS) is 13.0. The molecule has 0 aromatic carbocycles. The van der Waals surface area contributed by atoms with Crippen LogP contribution < -0.4 is 5.43 Å². The molecular formula is C12H20N2O3. The van der Waals surface area contributed by atoms with Crippen LogP contribution in [-0.2, 0) is 6.54 Å². The third kappa shape index (κ3) is 3.31. The van der Waals surface area contributed by atoms with E-state index in [2.05, 4.69) is 0 Å². The summed E-state index contributed by atoms with van der Waals surface area (Å²) in [6, 6.07) is 1.31. The fraction of sp³-hybridized carbons (Fsp3) is 0.583. The molecule has 0 aliphatic carbocycles. The molecule has 2 N–H and O–H groups in total. The fourth-order valence-corrected chi connectivity index (χ4v) is 1.78. The minimum absolute atomic E-state index is 0.0146. The molecule has 0 saturated heterocycles. The average molecular weight is 240 g/mol. The second-order valence-electron chi connectivity index (χ2n) is 4.40. The number of aromatic nitrogens is 1. The van der Waals surface area contributed by atoms with Crippen molar-refractivity contribution in [3.05, 3.63) is 28.2 Å². The van der Waals surface area contributed by atoms with Crippen LogP contribution in [0.4, 0.5) is 0 Å². The van der Waals surface area contributed by atoms with E-state index in [1.807, 2.05) is 25.9 Å². The van der Waals surface area contributed by atoms with E-state index in [-0.39, 0.29) is 23.8 Å². The summed E-state index contributed by atoms with van der Waals surface area (Å²) in [7, 11) is 3.81. The molecule has 0 radical (unpaired) electrons. The Morgan fingerprint density at radius 1 is 1.47 bits per heavy atom. The summed E-state index contributed by atoms with van der Waals surface area (Å²) in [6.45, 7) is 2.53. The fourth-order valence-electron chi connectivity index (χ4n) is 1.78. The highest BCUT2D eigenvalue weighted by Gasteiger charge is 2.13. The van der Waals surface area contributed by atoms with Crippen LogP contribution in [0.2, 0.25) is 0 Å². The lowest BCUT2D eigenvalue weighted by Crippen LogP contribution is -2.23. The van der Waals surface area contributed by atoms with Gasteiger partial charge in [0.25, 0.3) is 0 Å². The topological polar surface area (TPSA) is 65.7 Å². The van der Waals surface area contributed by atoms with Crippen molar-refractivity contribution in [1.82, 2.24) is 9.47 Å². The number of hydrogen-bond acceptors (Lipinski definition) is 4. The molecule has 0 fully saturated rings. The molecule has 5 nitrogen and oxygen atoms in total. The van der Waals surface area contributed by atoms with Gasteiger partial charge < -0.3 is 19.7 Å². The predicted molar refractivity (Wildman–Crippen MR) is 66.2 cm³/mol. The average Bonchev–Trinajstić information content (AvgIpc) is 2.25. The van der Waals surface area contributed by atoms with Crippen LogP contribution in [0, 0.1) is 0 Å². The Morgan fingerprint density at radius 2 is 2.12 bits per heavy atom. The van der Waals surface area contributed by atoms with E-state index in [1.165, 1.54) is 12.3 Å². The molecule has 1 rings (SSSR count). The van der Waals surface area contributed by atoms with Crippen molar-refractivity contribution in [2.24, 2.45) is 0 Å². The standard InChI is InChI=1S/C12H20N2O3/c1-4-9(8-15)14-7-12(17)11(16)5-10(14)6-13(2)3/h5,7,9,15,17H,4,6,8H2,1-3H3. The Bertz CT molecular complexity index is 422. The molecule has 0 saturated carbocycles. The third-order valence-corrected chi connectivity index (χ3v) is 2.70.